The number of thioether (sulfide) groups is 1. The van der Waals surface area contributed by atoms with Crippen LogP contribution in [0.4, 0.5) is 5.13 Å². The van der Waals surface area contributed by atoms with Gasteiger partial charge >= 0.3 is 0 Å². The highest BCUT2D eigenvalue weighted by atomic mass is 32.2. The summed E-state index contributed by atoms with van der Waals surface area (Å²) in [5.41, 5.74) is 1.42. The number of aromatic nitrogens is 6. The lowest BCUT2D eigenvalue weighted by atomic mass is 10.2. The van der Waals surface area contributed by atoms with Crippen LogP contribution >= 0.6 is 23.1 Å². The van der Waals surface area contributed by atoms with E-state index in [9.17, 15) is 9.59 Å². The fourth-order valence-electron chi connectivity index (χ4n) is 2.43. The van der Waals surface area contributed by atoms with Crippen LogP contribution in [-0.2, 0) is 4.79 Å². The molecule has 0 saturated carbocycles. The van der Waals surface area contributed by atoms with Crippen molar-refractivity contribution >= 4 is 39.9 Å². The van der Waals surface area contributed by atoms with Crippen LogP contribution in [0, 0.1) is 0 Å². The Hall–Kier alpha value is -3.64. The molecule has 2 aromatic carbocycles. The molecule has 2 aromatic heterocycles. The molecule has 4 rings (SSSR count). The van der Waals surface area contributed by atoms with Crippen LogP contribution in [0.25, 0.3) is 5.69 Å². The molecule has 0 spiro atoms. The molecule has 1 N–H and O–H groups in total. The van der Waals surface area contributed by atoms with Crippen molar-refractivity contribution in [3.8, 4) is 11.4 Å². The second-order valence-corrected chi connectivity index (χ2v) is 8.24. The van der Waals surface area contributed by atoms with Gasteiger partial charge in [-0.1, -0.05) is 53.4 Å². The molecule has 0 radical (unpaired) electrons. The van der Waals surface area contributed by atoms with Gasteiger partial charge in [0.2, 0.25) is 5.13 Å². The molecule has 156 valence electrons. The Morgan fingerprint density at radius 2 is 1.87 bits per heavy atom. The van der Waals surface area contributed by atoms with Crippen molar-refractivity contribution in [2.75, 3.05) is 17.7 Å². The van der Waals surface area contributed by atoms with Gasteiger partial charge in [0.05, 0.1) is 11.4 Å². The minimum atomic E-state index is -0.363. The maximum Gasteiger partial charge on any atom is 0.264 e. The van der Waals surface area contributed by atoms with Crippen LogP contribution in [0.15, 0.2) is 65.3 Å². The zero-order chi connectivity index (χ0) is 21.5. The highest BCUT2D eigenvalue weighted by molar-refractivity contribution is 8.01. The molecule has 10 nitrogen and oxygen atoms in total. The van der Waals surface area contributed by atoms with Gasteiger partial charge in [0.25, 0.3) is 5.91 Å². The van der Waals surface area contributed by atoms with Gasteiger partial charge in [0, 0.05) is 5.56 Å². The molecule has 0 bridgehead atoms. The van der Waals surface area contributed by atoms with Crippen molar-refractivity contribution in [3.63, 3.8) is 0 Å². The second-order valence-electron chi connectivity index (χ2n) is 6.04. The van der Waals surface area contributed by atoms with Gasteiger partial charge in [0.1, 0.15) is 12.1 Å². The molecule has 0 saturated heterocycles. The molecule has 2 heterocycles. The van der Waals surface area contributed by atoms with E-state index < -0.39 is 0 Å². The van der Waals surface area contributed by atoms with E-state index in [1.165, 1.54) is 34.1 Å². The fraction of sp³-hybridized carbons (Fsp3) is 0.105. The average molecular weight is 454 g/mol. The van der Waals surface area contributed by atoms with E-state index >= 15 is 0 Å². The van der Waals surface area contributed by atoms with E-state index in [1.807, 2.05) is 18.2 Å². The molecular weight excluding hydrogens is 438 g/mol. The molecular formula is C19H15N7O3S2. The Bertz CT molecular complexity index is 1150. The van der Waals surface area contributed by atoms with Gasteiger partial charge in [-0.05, 0) is 34.7 Å². The largest absolute Gasteiger partial charge is 0.484 e. The summed E-state index contributed by atoms with van der Waals surface area (Å²) in [4.78, 5) is 24.3. The van der Waals surface area contributed by atoms with Gasteiger partial charge in [-0.15, -0.1) is 15.3 Å². The summed E-state index contributed by atoms with van der Waals surface area (Å²) in [6.07, 6.45) is 1.48. The minimum absolute atomic E-state index is 0.00545. The fourth-order valence-corrected chi connectivity index (χ4v) is 4.09. The van der Waals surface area contributed by atoms with E-state index in [0.29, 0.717) is 20.8 Å². The summed E-state index contributed by atoms with van der Waals surface area (Å²) in [5.74, 6) is 0.416. The third-order valence-electron chi connectivity index (χ3n) is 3.90. The quantitative estimate of drug-likeness (QED) is 0.231. The van der Waals surface area contributed by atoms with E-state index in [2.05, 4.69) is 31.0 Å². The zero-order valence-corrected chi connectivity index (χ0v) is 17.5. The van der Waals surface area contributed by atoms with E-state index in [0.717, 1.165) is 5.69 Å². The Balaban J connectivity index is 1.23. The van der Waals surface area contributed by atoms with Crippen LogP contribution in [0.1, 0.15) is 10.4 Å². The van der Waals surface area contributed by atoms with Gasteiger partial charge < -0.3 is 4.74 Å². The SMILES string of the molecule is O=C(COc1ccc(-n2cnnn2)cc1)Nc1nnc(SCC(=O)c2ccccc2)s1. The number of nitrogens with one attached hydrogen (secondary N) is 1. The molecule has 0 aliphatic rings. The Kier molecular flexibility index (Phi) is 6.59. The number of ether oxygens (including phenoxy) is 1. The van der Waals surface area contributed by atoms with Crippen molar-refractivity contribution in [3.05, 3.63) is 66.5 Å². The second kappa shape index (κ2) is 9.91. The predicted molar refractivity (Wildman–Crippen MR) is 115 cm³/mol. The summed E-state index contributed by atoms with van der Waals surface area (Å²) >= 11 is 2.48. The number of hydrogen-bond acceptors (Lipinski definition) is 10. The van der Waals surface area contributed by atoms with Gasteiger partial charge in [-0.3, -0.25) is 14.9 Å². The van der Waals surface area contributed by atoms with Crippen molar-refractivity contribution in [2.24, 2.45) is 0 Å². The Morgan fingerprint density at radius 1 is 1.06 bits per heavy atom. The van der Waals surface area contributed by atoms with Crippen LogP contribution in [0.2, 0.25) is 0 Å². The molecule has 12 heteroatoms. The van der Waals surface area contributed by atoms with Gasteiger partial charge in [-0.2, -0.15) is 0 Å². The zero-order valence-electron chi connectivity index (χ0n) is 15.9. The first-order valence-corrected chi connectivity index (χ1v) is 10.8. The number of ketones is 1. The lowest BCUT2D eigenvalue weighted by Gasteiger charge is -2.06. The predicted octanol–water partition coefficient (Wildman–Crippen LogP) is 2.51. The molecule has 1 amide bonds. The van der Waals surface area contributed by atoms with Crippen LogP contribution < -0.4 is 10.1 Å². The standard InChI is InChI=1S/C19H15N7O3S2/c27-16(13-4-2-1-3-5-13)11-30-19-23-22-18(31-19)21-17(28)10-29-15-8-6-14(7-9-15)26-12-20-24-25-26/h1-9,12H,10-11H2,(H,21,22,28). The summed E-state index contributed by atoms with van der Waals surface area (Å²) in [7, 11) is 0. The average Bonchev–Trinajstić information content (AvgIpc) is 3.49. The van der Waals surface area contributed by atoms with Crippen LogP contribution in [0.3, 0.4) is 0 Å². The topological polar surface area (TPSA) is 125 Å². The molecule has 31 heavy (non-hydrogen) atoms. The number of amides is 1. The molecule has 0 atom stereocenters. The first-order valence-electron chi connectivity index (χ1n) is 8.98. The minimum Gasteiger partial charge on any atom is -0.484 e. The molecule has 4 aromatic rings. The van der Waals surface area contributed by atoms with E-state index in [-0.39, 0.29) is 24.1 Å². The first-order chi connectivity index (χ1) is 15.2. The highest BCUT2D eigenvalue weighted by Crippen LogP contribution is 2.26. The third kappa shape index (κ3) is 5.71. The van der Waals surface area contributed by atoms with Crippen LogP contribution in [0.5, 0.6) is 5.75 Å². The summed E-state index contributed by atoms with van der Waals surface area (Å²) in [5, 5.41) is 21.9. The number of hydrogen-bond donors (Lipinski definition) is 1. The van der Waals surface area contributed by atoms with Crippen LogP contribution in [-0.4, -0.2) is 54.5 Å². The number of Topliss-reactive ketones (excluding diaryl/α,β-unsaturated/α-hetero) is 1. The highest BCUT2D eigenvalue weighted by Gasteiger charge is 2.12. The number of carbonyl (C=O) groups excluding carboxylic acids is 2. The lowest BCUT2D eigenvalue weighted by Crippen LogP contribution is -2.20. The number of rotatable bonds is 9. The van der Waals surface area contributed by atoms with Crippen molar-refractivity contribution in [2.45, 2.75) is 4.34 Å². The number of tetrazole rings is 1. The van der Waals surface area contributed by atoms with E-state index in [4.69, 9.17) is 4.74 Å². The van der Waals surface area contributed by atoms with E-state index in [1.54, 1.807) is 36.4 Å². The van der Waals surface area contributed by atoms with Crippen molar-refractivity contribution < 1.29 is 14.3 Å². The Morgan fingerprint density at radius 3 is 2.61 bits per heavy atom. The van der Waals surface area contributed by atoms with Crippen molar-refractivity contribution in [1.82, 2.24) is 30.4 Å². The Labute approximate surface area is 184 Å². The molecule has 0 fully saturated rings. The number of carbonyl (C=O) groups is 2. The molecule has 0 aliphatic heterocycles. The third-order valence-corrected chi connectivity index (χ3v) is 5.87. The maximum atomic E-state index is 12.1. The smallest absolute Gasteiger partial charge is 0.264 e. The maximum absolute atomic E-state index is 12.1. The van der Waals surface area contributed by atoms with Gasteiger partial charge in [0.15, 0.2) is 16.7 Å². The number of anilines is 1. The normalized spacial score (nSPS) is 10.6. The number of benzene rings is 2. The van der Waals surface area contributed by atoms with Gasteiger partial charge in [-0.25, -0.2) is 4.68 Å². The monoisotopic (exact) mass is 453 g/mol. The molecule has 0 aliphatic carbocycles. The summed E-state index contributed by atoms with van der Waals surface area (Å²) in [6.45, 7) is -0.182. The molecule has 0 unspecified atom stereocenters. The number of nitrogens with zero attached hydrogens (tertiary/aromatic N) is 6. The first kappa shape index (κ1) is 20.6. The summed E-state index contributed by atoms with van der Waals surface area (Å²) < 4.78 is 7.59. The lowest BCUT2D eigenvalue weighted by molar-refractivity contribution is -0.118. The summed E-state index contributed by atoms with van der Waals surface area (Å²) in [6, 6.07) is 16.0. The van der Waals surface area contributed by atoms with Crippen molar-refractivity contribution in [1.29, 1.82) is 0 Å².